The molecule has 33 heavy (non-hydrogen) atoms. The molecule has 1 fully saturated rings. The Morgan fingerprint density at radius 3 is 2.70 bits per heavy atom. The molecular formula is C22H23F2N5O3S. The van der Waals surface area contributed by atoms with Gasteiger partial charge in [-0.3, -0.25) is 9.78 Å². The third kappa shape index (κ3) is 4.93. The number of anilines is 2. The van der Waals surface area contributed by atoms with Crippen molar-refractivity contribution in [3.63, 3.8) is 0 Å². The highest BCUT2D eigenvalue weighted by molar-refractivity contribution is 7.89. The van der Waals surface area contributed by atoms with Crippen LogP contribution in [0.2, 0.25) is 0 Å². The summed E-state index contributed by atoms with van der Waals surface area (Å²) in [6, 6.07) is 10.5. The molecular weight excluding hydrogens is 452 g/mol. The van der Waals surface area contributed by atoms with E-state index in [2.05, 4.69) is 20.0 Å². The van der Waals surface area contributed by atoms with E-state index in [4.69, 9.17) is 0 Å². The number of pyridine rings is 2. The van der Waals surface area contributed by atoms with Crippen LogP contribution in [0, 0.1) is 0 Å². The largest absolute Gasteiger partial charge is 0.367 e. The number of nitrogens with one attached hydrogen (secondary N) is 2. The van der Waals surface area contributed by atoms with Gasteiger partial charge in [-0.05, 0) is 31.7 Å². The summed E-state index contributed by atoms with van der Waals surface area (Å²) in [4.78, 5) is 22.9. The molecule has 1 saturated heterocycles. The molecule has 0 saturated carbocycles. The number of fused-ring (bicyclic) bond motifs is 1. The number of carbonyl (C=O) groups is 1. The SMILES string of the molecule is CNS(=O)(=O)c1nccc(NC(=O)c2cnc3ccccc3c2)c1N1CCCC(F)(F)CC1. The van der Waals surface area contributed by atoms with Crippen LogP contribution >= 0.6 is 0 Å². The summed E-state index contributed by atoms with van der Waals surface area (Å²) in [7, 11) is -2.79. The van der Waals surface area contributed by atoms with Crippen LogP contribution in [0.1, 0.15) is 29.6 Å². The highest BCUT2D eigenvalue weighted by atomic mass is 32.2. The van der Waals surface area contributed by atoms with E-state index in [0.717, 1.165) is 10.9 Å². The summed E-state index contributed by atoms with van der Waals surface area (Å²) in [6.45, 7) is 0.124. The van der Waals surface area contributed by atoms with Crippen LogP contribution in [0.5, 0.6) is 0 Å². The first-order valence-electron chi connectivity index (χ1n) is 10.4. The number of amides is 1. The summed E-state index contributed by atoms with van der Waals surface area (Å²) in [5.74, 6) is -3.34. The molecule has 2 aromatic heterocycles. The average Bonchev–Trinajstić information content (AvgIpc) is 2.98. The van der Waals surface area contributed by atoms with Crippen LogP contribution in [0.15, 0.2) is 53.8 Å². The number of hydrogen-bond acceptors (Lipinski definition) is 6. The highest BCUT2D eigenvalue weighted by Crippen LogP contribution is 2.36. The van der Waals surface area contributed by atoms with Crippen LogP contribution in [-0.4, -0.2) is 50.4 Å². The molecule has 0 aliphatic carbocycles. The molecule has 0 spiro atoms. The minimum absolute atomic E-state index is 0.0780. The van der Waals surface area contributed by atoms with Crippen LogP contribution in [-0.2, 0) is 10.0 Å². The lowest BCUT2D eigenvalue weighted by Crippen LogP contribution is -2.31. The molecule has 11 heteroatoms. The van der Waals surface area contributed by atoms with Gasteiger partial charge >= 0.3 is 0 Å². The van der Waals surface area contributed by atoms with Crippen molar-refractivity contribution < 1.29 is 22.0 Å². The summed E-state index contributed by atoms with van der Waals surface area (Å²) in [5.41, 5.74) is 1.26. The number of aromatic nitrogens is 2. The predicted molar refractivity (Wildman–Crippen MR) is 121 cm³/mol. The van der Waals surface area contributed by atoms with Crippen molar-refractivity contribution in [2.24, 2.45) is 0 Å². The Morgan fingerprint density at radius 1 is 1.12 bits per heavy atom. The van der Waals surface area contributed by atoms with E-state index in [1.54, 1.807) is 11.0 Å². The zero-order valence-electron chi connectivity index (χ0n) is 17.9. The van der Waals surface area contributed by atoms with Gasteiger partial charge in [0.25, 0.3) is 15.9 Å². The fourth-order valence-corrected chi connectivity index (χ4v) is 4.70. The van der Waals surface area contributed by atoms with E-state index in [0.29, 0.717) is 0 Å². The molecule has 8 nitrogen and oxygen atoms in total. The zero-order chi connectivity index (χ0) is 23.6. The number of halogens is 2. The normalized spacial score (nSPS) is 16.4. The van der Waals surface area contributed by atoms with Gasteiger partial charge in [0.05, 0.1) is 16.8 Å². The first-order valence-corrected chi connectivity index (χ1v) is 11.9. The number of rotatable bonds is 5. The Labute approximate surface area is 190 Å². The number of benzene rings is 1. The second kappa shape index (κ2) is 8.99. The Kier molecular flexibility index (Phi) is 6.26. The maximum absolute atomic E-state index is 14.0. The Morgan fingerprint density at radius 2 is 1.91 bits per heavy atom. The van der Waals surface area contributed by atoms with Gasteiger partial charge < -0.3 is 10.2 Å². The van der Waals surface area contributed by atoms with Crippen molar-refractivity contribution in [3.8, 4) is 0 Å². The first kappa shape index (κ1) is 23.0. The standard InChI is InChI=1S/C22H23F2N5O3S/c1-25-33(31,32)21-19(29-11-4-8-22(23,24)9-12-29)18(7-10-26-21)28-20(30)16-13-15-5-2-3-6-17(15)27-14-16/h2-3,5-7,10,13-14,25H,4,8-9,11-12H2,1H3,(H,26,28,30). The van der Waals surface area contributed by atoms with Gasteiger partial charge in [0.15, 0.2) is 5.03 Å². The van der Waals surface area contributed by atoms with Gasteiger partial charge in [-0.1, -0.05) is 18.2 Å². The van der Waals surface area contributed by atoms with Crippen LogP contribution < -0.4 is 14.9 Å². The van der Waals surface area contributed by atoms with Gasteiger partial charge in [0.2, 0.25) is 5.92 Å². The average molecular weight is 476 g/mol. The number of nitrogens with zero attached hydrogens (tertiary/aromatic N) is 3. The monoisotopic (exact) mass is 475 g/mol. The molecule has 0 bridgehead atoms. The summed E-state index contributed by atoms with van der Waals surface area (Å²) < 4.78 is 55.5. The second-order valence-corrected chi connectivity index (χ2v) is 9.59. The molecule has 0 unspecified atom stereocenters. The maximum Gasteiger partial charge on any atom is 0.259 e. The van der Waals surface area contributed by atoms with Crippen molar-refractivity contribution in [2.75, 3.05) is 30.4 Å². The van der Waals surface area contributed by atoms with Crippen LogP contribution in [0.3, 0.4) is 0 Å². The lowest BCUT2D eigenvalue weighted by molar-refractivity contribution is -0.0102. The number of sulfonamides is 1. The lowest BCUT2D eigenvalue weighted by atomic mass is 10.1. The molecule has 1 aliphatic rings. The smallest absolute Gasteiger partial charge is 0.259 e. The Bertz CT molecular complexity index is 1300. The van der Waals surface area contributed by atoms with Gasteiger partial charge in [-0.2, -0.15) is 0 Å². The van der Waals surface area contributed by atoms with Gasteiger partial charge in [0, 0.05) is 43.7 Å². The molecule has 4 rings (SSSR count). The third-order valence-corrected chi connectivity index (χ3v) is 6.89. The Hall–Kier alpha value is -3.18. The maximum atomic E-state index is 14.0. The molecule has 0 atom stereocenters. The van der Waals surface area contributed by atoms with E-state index in [9.17, 15) is 22.0 Å². The van der Waals surface area contributed by atoms with Crippen LogP contribution in [0.25, 0.3) is 10.9 Å². The van der Waals surface area contributed by atoms with E-state index in [1.807, 2.05) is 24.3 Å². The molecule has 1 aliphatic heterocycles. The van der Waals surface area contributed by atoms with Crippen molar-refractivity contribution in [1.29, 1.82) is 0 Å². The van der Waals surface area contributed by atoms with Crippen molar-refractivity contribution in [2.45, 2.75) is 30.2 Å². The summed E-state index contributed by atoms with van der Waals surface area (Å²) in [6.07, 6.45) is 2.14. The van der Waals surface area contributed by atoms with E-state index in [-0.39, 0.29) is 47.9 Å². The van der Waals surface area contributed by atoms with Crippen molar-refractivity contribution in [3.05, 3.63) is 54.4 Å². The summed E-state index contributed by atoms with van der Waals surface area (Å²) in [5, 5.41) is 3.17. The second-order valence-electron chi connectivity index (χ2n) is 7.79. The molecule has 1 aromatic carbocycles. The molecule has 3 aromatic rings. The number of para-hydroxylation sites is 1. The quantitative estimate of drug-likeness (QED) is 0.586. The molecule has 0 radical (unpaired) electrons. The topological polar surface area (TPSA) is 104 Å². The van der Waals surface area contributed by atoms with E-state index >= 15 is 0 Å². The zero-order valence-corrected chi connectivity index (χ0v) is 18.7. The van der Waals surface area contributed by atoms with Gasteiger partial charge in [-0.15, -0.1) is 0 Å². The fraction of sp³-hybridized carbons (Fsp3) is 0.318. The van der Waals surface area contributed by atoms with Gasteiger partial charge in [-0.25, -0.2) is 26.9 Å². The minimum atomic E-state index is -4.02. The third-order valence-electron chi connectivity index (χ3n) is 5.55. The van der Waals surface area contributed by atoms with E-state index in [1.165, 1.54) is 25.5 Å². The lowest BCUT2D eigenvalue weighted by Gasteiger charge is -2.27. The molecule has 3 heterocycles. The number of alkyl halides is 2. The fourth-order valence-electron chi connectivity index (χ4n) is 3.81. The van der Waals surface area contributed by atoms with Gasteiger partial charge in [0.1, 0.15) is 5.69 Å². The molecule has 2 N–H and O–H groups in total. The minimum Gasteiger partial charge on any atom is -0.367 e. The van der Waals surface area contributed by atoms with Crippen molar-refractivity contribution >= 4 is 38.2 Å². The summed E-state index contributed by atoms with van der Waals surface area (Å²) >= 11 is 0. The first-order chi connectivity index (χ1) is 15.7. The number of hydrogen-bond donors (Lipinski definition) is 2. The highest BCUT2D eigenvalue weighted by Gasteiger charge is 2.34. The van der Waals surface area contributed by atoms with E-state index < -0.39 is 28.3 Å². The Balaban J connectivity index is 1.74. The predicted octanol–water partition coefficient (Wildman–Crippen LogP) is 3.42. The molecule has 1 amide bonds. The van der Waals surface area contributed by atoms with Crippen molar-refractivity contribution in [1.82, 2.24) is 14.7 Å². The molecule has 174 valence electrons. The number of carbonyl (C=O) groups excluding carboxylic acids is 1. The van der Waals surface area contributed by atoms with Crippen LogP contribution in [0.4, 0.5) is 20.2 Å².